The lowest BCUT2D eigenvalue weighted by atomic mass is 10.2. The first-order chi connectivity index (χ1) is 9.86. The van der Waals surface area contributed by atoms with Gasteiger partial charge in [-0.05, 0) is 20.8 Å². The molecule has 0 aromatic rings. The Morgan fingerprint density at radius 2 is 1.73 bits per heavy atom. The molecule has 0 rings (SSSR count). The van der Waals surface area contributed by atoms with Gasteiger partial charge in [-0.2, -0.15) is 0 Å². The normalized spacial score (nSPS) is 15.0. The molecular formula is C16H31NO4Si. The van der Waals surface area contributed by atoms with E-state index in [1.165, 1.54) is 7.11 Å². The minimum atomic E-state index is -1.87. The number of amides is 1. The van der Waals surface area contributed by atoms with E-state index in [0.717, 1.165) is 0 Å². The number of esters is 1. The fraction of sp³-hybridized carbons (Fsp3) is 0.750. The van der Waals surface area contributed by atoms with Crippen molar-refractivity contribution in [2.45, 2.75) is 70.4 Å². The highest BCUT2D eigenvalue weighted by atomic mass is 28.3. The van der Waals surface area contributed by atoms with E-state index in [0.29, 0.717) is 5.54 Å². The van der Waals surface area contributed by atoms with Crippen LogP contribution in [-0.2, 0) is 14.3 Å². The van der Waals surface area contributed by atoms with Crippen molar-refractivity contribution >= 4 is 20.1 Å². The van der Waals surface area contributed by atoms with Crippen LogP contribution in [0.1, 0.15) is 34.6 Å². The number of nitrogens with one attached hydrogen (secondary N) is 1. The van der Waals surface area contributed by atoms with Gasteiger partial charge in [0.1, 0.15) is 11.6 Å². The van der Waals surface area contributed by atoms with Crippen molar-refractivity contribution in [3.05, 3.63) is 12.7 Å². The number of ether oxygens (including phenoxy) is 2. The van der Waals surface area contributed by atoms with Crippen LogP contribution in [0.3, 0.4) is 0 Å². The molecule has 0 aromatic carbocycles. The van der Waals surface area contributed by atoms with Crippen LogP contribution in [-0.4, -0.2) is 38.9 Å². The van der Waals surface area contributed by atoms with E-state index in [2.05, 4.69) is 38.8 Å². The number of hydrogen-bond acceptors (Lipinski definition) is 4. The smallest absolute Gasteiger partial charge is 0.408 e. The van der Waals surface area contributed by atoms with Crippen molar-refractivity contribution in [3.8, 4) is 0 Å². The third-order valence-corrected chi connectivity index (χ3v) is 9.35. The highest BCUT2D eigenvalue weighted by Gasteiger charge is 2.42. The summed E-state index contributed by atoms with van der Waals surface area (Å²) in [6, 6.07) is -0.776. The first-order valence-electron chi connectivity index (χ1n) is 7.56. The monoisotopic (exact) mass is 329 g/mol. The maximum atomic E-state index is 12.2. The topological polar surface area (TPSA) is 64.6 Å². The molecule has 2 atom stereocenters. The van der Waals surface area contributed by atoms with E-state index in [-0.39, 0.29) is 5.54 Å². The minimum Gasteiger partial charge on any atom is -0.467 e. The summed E-state index contributed by atoms with van der Waals surface area (Å²) in [6.45, 7) is 17.8. The summed E-state index contributed by atoms with van der Waals surface area (Å²) in [5.74, 6) is -0.475. The highest BCUT2D eigenvalue weighted by molar-refractivity contribution is 6.80. The fourth-order valence-electron chi connectivity index (χ4n) is 2.11. The summed E-state index contributed by atoms with van der Waals surface area (Å²) in [7, 11) is -0.551. The molecule has 5 nitrogen and oxygen atoms in total. The Bertz CT molecular complexity index is 413. The summed E-state index contributed by atoms with van der Waals surface area (Å²) in [4.78, 5) is 24.2. The van der Waals surface area contributed by atoms with Gasteiger partial charge in [0, 0.05) is 5.54 Å². The zero-order chi connectivity index (χ0) is 17.7. The molecule has 0 saturated heterocycles. The summed E-state index contributed by atoms with van der Waals surface area (Å²) in [6.07, 6.45) is 1.13. The second kappa shape index (κ2) is 7.81. The van der Waals surface area contributed by atoms with Crippen LogP contribution in [0.15, 0.2) is 12.7 Å². The zero-order valence-corrected chi connectivity index (χ0v) is 16.1. The van der Waals surface area contributed by atoms with E-state index in [1.807, 2.05) is 0 Å². The van der Waals surface area contributed by atoms with Gasteiger partial charge in [-0.25, -0.2) is 9.59 Å². The SMILES string of the molecule is C=C[C@@H]([C@H](NC(=O)OC(C)(C)C)C(=O)OC)[Si](C)(C)C(C)C. The van der Waals surface area contributed by atoms with Crippen molar-refractivity contribution < 1.29 is 19.1 Å². The number of carbonyl (C=O) groups is 2. The Balaban J connectivity index is 5.40. The summed E-state index contributed by atoms with van der Waals surface area (Å²) >= 11 is 0. The van der Waals surface area contributed by atoms with Crippen molar-refractivity contribution in [1.82, 2.24) is 5.32 Å². The molecule has 0 aromatic heterocycles. The van der Waals surface area contributed by atoms with Gasteiger partial charge in [-0.3, -0.25) is 0 Å². The Hall–Kier alpha value is -1.30. The second-order valence-electron chi connectivity index (χ2n) is 7.38. The third kappa shape index (κ3) is 5.83. The largest absolute Gasteiger partial charge is 0.467 e. The van der Waals surface area contributed by atoms with E-state index in [4.69, 9.17) is 9.47 Å². The number of hydrogen-bond donors (Lipinski definition) is 1. The van der Waals surface area contributed by atoms with Crippen molar-refractivity contribution in [1.29, 1.82) is 0 Å². The molecule has 128 valence electrons. The third-order valence-electron chi connectivity index (χ3n) is 4.09. The predicted octanol–water partition coefficient (Wildman–Crippen LogP) is 3.73. The van der Waals surface area contributed by atoms with Crippen LogP contribution >= 0.6 is 0 Å². The lowest BCUT2D eigenvalue weighted by molar-refractivity contribution is -0.143. The van der Waals surface area contributed by atoms with E-state index >= 15 is 0 Å². The Morgan fingerprint density at radius 3 is 2.05 bits per heavy atom. The second-order valence-corrected chi connectivity index (χ2v) is 12.8. The molecular weight excluding hydrogens is 298 g/mol. The van der Waals surface area contributed by atoms with E-state index in [1.54, 1.807) is 26.8 Å². The lowest BCUT2D eigenvalue weighted by Gasteiger charge is -2.38. The van der Waals surface area contributed by atoms with Crippen LogP contribution < -0.4 is 5.32 Å². The Morgan fingerprint density at radius 1 is 1.23 bits per heavy atom. The summed E-state index contributed by atoms with van der Waals surface area (Å²) in [5.41, 5.74) is -0.352. The molecule has 0 unspecified atom stereocenters. The van der Waals surface area contributed by atoms with Crippen LogP contribution in [0.4, 0.5) is 4.79 Å². The van der Waals surface area contributed by atoms with Gasteiger partial charge in [0.05, 0.1) is 15.2 Å². The van der Waals surface area contributed by atoms with Crippen LogP contribution in [0, 0.1) is 0 Å². The molecule has 1 N–H and O–H groups in total. The first kappa shape index (κ1) is 20.7. The minimum absolute atomic E-state index is 0.146. The average Bonchev–Trinajstić information content (AvgIpc) is 2.34. The van der Waals surface area contributed by atoms with Crippen molar-refractivity contribution in [2.24, 2.45) is 0 Å². The molecule has 6 heteroatoms. The van der Waals surface area contributed by atoms with E-state index in [9.17, 15) is 9.59 Å². The highest BCUT2D eigenvalue weighted by Crippen LogP contribution is 2.36. The summed E-state index contributed by atoms with van der Waals surface area (Å²) in [5, 5.41) is 2.66. The van der Waals surface area contributed by atoms with Gasteiger partial charge in [0.15, 0.2) is 0 Å². The molecule has 0 radical (unpaired) electrons. The summed E-state index contributed by atoms with van der Waals surface area (Å²) < 4.78 is 10.1. The van der Waals surface area contributed by atoms with Gasteiger partial charge in [-0.15, -0.1) is 6.58 Å². The number of rotatable bonds is 6. The molecule has 0 bridgehead atoms. The van der Waals surface area contributed by atoms with Crippen LogP contribution in [0.5, 0.6) is 0 Å². The lowest BCUT2D eigenvalue weighted by Crippen LogP contribution is -2.53. The molecule has 0 aliphatic carbocycles. The van der Waals surface area contributed by atoms with Gasteiger partial charge >= 0.3 is 12.1 Å². The zero-order valence-electron chi connectivity index (χ0n) is 15.1. The Kier molecular flexibility index (Phi) is 7.35. The maximum Gasteiger partial charge on any atom is 0.408 e. The first-order valence-corrected chi connectivity index (χ1v) is 10.7. The van der Waals surface area contributed by atoms with Crippen LogP contribution in [0.25, 0.3) is 0 Å². The standard InChI is InChI=1S/C16H31NO4Si/c1-10-12(22(8,9)11(2)3)13(14(18)20-7)17-15(19)21-16(4,5)6/h10-13H,1H2,2-9H3,(H,17,19)/t12-,13-/m0/s1. The molecule has 1 amide bonds. The number of alkyl carbamates (subject to hydrolysis) is 1. The molecule has 0 spiro atoms. The van der Waals surface area contributed by atoms with Gasteiger partial charge < -0.3 is 14.8 Å². The number of carbonyl (C=O) groups excluding carboxylic acids is 2. The average molecular weight is 330 g/mol. The molecule has 0 fully saturated rings. The molecule has 0 aliphatic heterocycles. The maximum absolute atomic E-state index is 12.2. The molecule has 0 heterocycles. The van der Waals surface area contributed by atoms with Crippen LogP contribution in [0.2, 0.25) is 24.2 Å². The van der Waals surface area contributed by atoms with E-state index < -0.39 is 31.8 Å². The molecule has 0 aliphatic rings. The molecule has 0 saturated carbocycles. The Labute approximate surface area is 135 Å². The number of methoxy groups -OCH3 is 1. The predicted molar refractivity (Wildman–Crippen MR) is 91.7 cm³/mol. The van der Waals surface area contributed by atoms with Gasteiger partial charge in [-0.1, -0.05) is 38.6 Å². The van der Waals surface area contributed by atoms with Crippen molar-refractivity contribution in [3.63, 3.8) is 0 Å². The molecule has 22 heavy (non-hydrogen) atoms. The fourth-order valence-corrected chi connectivity index (χ4v) is 4.57. The van der Waals surface area contributed by atoms with Crippen molar-refractivity contribution in [2.75, 3.05) is 7.11 Å². The quantitative estimate of drug-likeness (QED) is 0.458. The van der Waals surface area contributed by atoms with Gasteiger partial charge in [0.25, 0.3) is 0 Å². The van der Waals surface area contributed by atoms with Gasteiger partial charge in [0.2, 0.25) is 0 Å².